The third-order valence-corrected chi connectivity index (χ3v) is 7.05. The lowest BCUT2D eigenvalue weighted by Gasteiger charge is -2.26. The van der Waals surface area contributed by atoms with Gasteiger partial charge in [-0.2, -0.15) is 0 Å². The Kier molecular flexibility index (Phi) is 5.56. The number of nitrogens with zero attached hydrogens (tertiary/aromatic N) is 1. The first-order chi connectivity index (χ1) is 16.7. The van der Waals surface area contributed by atoms with Crippen molar-refractivity contribution in [2.24, 2.45) is 0 Å². The molecule has 7 heteroatoms. The van der Waals surface area contributed by atoms with Crippen molar-refractivity contribution in [1.82, 2.24) is 0 Å². The van der Waals surface area contributed by atoms with Crippen molar-refractivity contribution in [2.75, 3.05) is 19.1 Å². The minimum absolute atomic E-state index is 0.0298. The molecule has 178 valence electrons. The molecule has 4 aromatic rings. The van der Waals surface area contributed by atoms with Crippen molar-refractivity contribution in [3.63, 3.8) is 0 Å². The van der Waals surface area contributed by atoms with Gasteiger partial charge in [0, 0.05) is 10.7 Å². The molecular formula is C28H24ClNO5. The van der Waals surface area contributed by atoms with Crippen LogP contribution in [0.25, 0.3) is 11.0 Å². The fourth-order valence-electron chi connectivity index (χ4n) is 4.56. The second-order valence-corrected chi connectivity index (χ2v) is 9.14. The number of rotatable bonds is 4. The van der Waals surface area contributed by atoms with E-state index in [1.807, 2.05) is 45.0 Å². The zero-order chi connectivity index (χ0) is 25.0. The lowest BCUT2D eigenvalue weighted by Crippen LogP contribution is -2.29. The average molecular weight is 490 g/mol. The molecule has 0 spiro atoms. The molecular weight excluding hydrogens is 466 g/mol. The van der Waals surface area contributed by atoms with Crippen LogP contribution < -0.4 is 19.8 Å². The summed E-state index contributed by atoms with van der Waals surface area (Å²) in [5.74, 6) is 0.658. The van der Waals surface area contributed by atoms with Crippen LogP contribution >= 0.6 is 11.6 Å². The summed E-state index contributed by atoms with van der Waals surface area (Å²) in [4.78, 5) is 29.2. The van der Waals surface area contributed by atoms with E-state index in [2.05, 4.69) is 0 Å². The molecule has 0 saturated heterocycles. The van der Waals surface area contributed by atoms with E-state index in [1.54, 1.807) is 43.4 Å². The first-order valence-electron chi connectivity index (χ1n) is 11.1. The van der Waals surface area contributed by atoms with Crippen molar-refractivity contribution in [3.05, 3.63) is 97.4 Å². The summed E-state index contributed by atoms with van der Waals surface area (Å²) in [5.41, 5.74) is 4.51. The molecule has 0 radical (unpaired) electrons. The van der Waals surface area contributed by atoms with E-state index in [9.17, 15) is 9.59 Å². The topological polar surface area (TPSA) is 69.0 Å². The average Bonchev–Trinajstić information content (AvgIpc) is 3.14. The predicted octanol–water partition coefficient (Wildman–Crippen LogP) is 6.14. The van der Waals surface area contributed by atoms with Gasteiger partial charge in [0.15, 0.2) is 16.9 Å². The summed E-state index contributed by atoms with van der Waals surface area (Å²) in [5, 5.41) is 0.960. The molecule has 1 atom stereocenters. The molecule has 6 nitrogen and oxygen atoms in total. The molecule has 1 aromatic heterocycles. The number of fused-ring (bicyclic) bond motifs is 2. The van der Waals surface area contributed by atoms with Gasteiger partial charge in [-0.25, -0.2) is 0 Å². The van der Waals surface area contributed by atoms with Crippen LogP contribution in [0.4, 0.5) is 5.69 Å². The maximum atomic E-state index is 13.9. The Bertz CT molecular complexity index is 1570. The molecule has 2 heterocycles. The van der Waals surface area contributed by atoms with E-state index in [4.69, 9.17) is 25.5 Å². The highest BCUT2D eigenvalue weighted by Crippen LogP contribution is 2.44. The number of carbonyl (C=O) groups excluding carboxylic acids is 1. The molecule has 0 N–H and O–H groups in total. The molecule has 0 aliphatic carbocycles. The molecule has 1 unspecified atom stereocenters. The second-order valence-electron chi connectivity index (χ2n) is 8.73. The number of amides is 1. The highest BCUT2D eigenvalue weighted by Gasteiger charge is 2.44. The number of aryl methyl sites for hydroxylation is 3. The van der Waals surface area contributed by atoms with Gasteiger partial charge in [-0.1, -0.05) is 23.7 Å². The maximum Gasteiger partial charge on any atom is 0.295 e. The van der Waals surface area contributed by atoms with Gasteiger partial charge in [-0.05, 0) is 79.4 Å². The van der Waals surface area contributed by atoms with Crippen LogP contribution in [0, 0.1) is 20.8 Å². The van der Waals surface area contributed by atoms with Gasteiger partial charge in [-0.3, -0.25) is 14.5 Å². The molecule has 1 aliphatic rings. The standard InChI is InChI=1S/C28H24ClNO5/c1-14-6-8-18(13-20(14)29)30-25(17-7-9-21(33-4)23(12-17)34-5)24-26(31)19-10-15(2)16(3)11-22(19)35-27(24)28(30)32/h6-13,25H,1-5H3. The van der Waals surface area contributed by atoms with Gasteiger partial charge in [-0.15, -0.1) is 0 Å². The van der Waals surface area contributed by atoms with Gasteiger partial charge in [0.05, 0.1) is 31.2 Å². The van der Waals surface area contributed by atoms with Gasteiger partial charge in [0.25, 0.3) is 5.91 Å². The van der Waals surface area contributed by atoms with E-state index >= 15 is 0 Å². The fraction of sp³-hybridized carbons (Fsp3) is 0.214. The van der Waals surface area contributed by atoms with E-state index in [0.29, 0.717) is 38.7 Å². The minimum Gasteiger partial charge on any atom is -0.493 e. The quantitative estimate of drug-likeness (QED) is 0.344. The number of halogens is 1. The van der Waals surface area contributed by atoms with Crippen LogP contribution in [0.3, 0.4) is 0 Å². The zero-order valence-electron chi connectivity index (χ0n) is 20.1. The minimum atomic E-state index is -0.738. The molecule has 0 bridgehead atoms. The second kappa shape index (κ2) is 8.47. The van der Waals surface area contributed by atoms with E-state index in [1.165, 1.54) is 0 Å². The fourth-order valence-corrected chi connectivity index (χ4v) is 4.74. The Balaban J connectivity index is 1.83. The van der Waals surface area contributed by atoms with Gasteiger partial charge < -0.3 is 13.9 Å². The summed E-state index contributed by atoms with van der Waals surface area (Å²) in [7, 11) is 3.09. The van der Waals surface area contributed by atoms with Gasteiger partial charge in [0.2, 0.25) is 5.76 Å². The van der Waals surface area contributed by atoms with Crippen molar-refractivity contribution in [3.8, 4) is 11.5 Å². The number of anilines is 1. The van der Waals surface area contributed by atoms with Gasteiger partial charge >= 0.3 is 0 Å². The van der Waals surface area contributed by atoms with Gasteiger partial charge in [0.1, 0.15) is 5.58 Å². The van der Waals surface area contributed by atoms with E-state index in [-0.39, 0.29) is 16.8 Å². The molecule has 5 rings (SSSR count). The van der Waals surface area contributed by atoms with E-state index < -0.39 is 11.9 Å². The van der Waals surface area contributed by atoms with Crippen LogP contribution in [0.15, 0.2) is 57.7 Å². The molecule has 1 amide bonds. The Labute approximate surface area is 207 Å². The SMILES string of the molecule is COc1ccc(C2c3c(oc4cc(C)c(C)cc4c3=O)C(=O)N2c2ccc(C)c(Cl)c2)cc1OC. The summed E-state index contributed by atoms with van der Waals surface area (Å²) in [6.07, 6.45) is 0. The largest absolute Gasteiger partial charge is 0.493 e. The highest BCUT2D eigenvalue weighted by atomic mass is 35.5. The van der Waals surface area contributed by atoms with Crippen molar-refractivity contribution in [1.29, 1.82) is 0 Å². The third kappa shape index (κ3) is 3.56. The maximum absolute atomic E-state index is 13.9. The summed E-state index contributed by atoms with van der Waals surface area (Å²) >= 11 is 6.42. The zero-order valence-corrected chi connectivity index (χ0v) is 20.8. The molecule has 35 heavy (non-hydrogen) atoms. The van der Waals surface area contributed by atoms with E-state index in [0.717, 1.165) is 16.7 Å². The first kappa shape index (κ1) is 23.0. The Morgan fingerprint density at radius 1 is 0.857 bits per heavy atom. The molecule has 3 aromatic carbocycles. The van der Waals surface area contributed by atoms with Crippen LogP contribution in [0.5, 0.6) is 11.5 Å². The van der Waals surface area contributed by atoms with Crippen molar-refractivity contribution < 1.29 is 18.7 Å². The Morgan fingerprint density at radius 2 is 1.57 bits per heavy atom. The smallest absolute Gasteiger partial charge is 0.295 e. The Hall–Kier alpha value is -3.77. The first-order valence-corrected chi connectivity index (χ1v) is 11.5. The molecule has 0 saturated carbocycles. The number of hydrogen-bond acceptors (Lipinski definition) is 5. The summed E-state index contributed by atoms with van der Waals surface area (Å²) < 4.78 is 17.0. The van der Waals surface area contributed by atoms with Crippen LogP contribution in [0.1, 0.15) is 44.4 Å². The summed E-state index contributed by atoms with van der Waals surface area (Å²) in [6, 6.07) is 13.6. The molecule has 1 aliphatic heterocycles. The number of carbonyl (C=O) groups is 1. The lowest BCUT2D eigenvalue weighted by molar-refractivity contribution is 0.0971. The number of hydrogen-bond donors (Lipinski definition) is 0. The number of ether oxygens (including phenoxy) is 2. The Morgan fingerprint density at radius 3 is 2.26 bits per heavy atom. The highest BCUT2D eigenvalue weighted by molar-refractivity contribution is 6.31. The van der Waals surface area contributed by atoms with Crippen molar-refractivity contribution in [2.45, 2.75) is 26.8 Å². The normalized spacial score (nSPS) is 15.0. The predicted molar refractivity (Wildman–Crippen MR) is 136 cm³/mol. The van der Waals surface area contributed by atoms with Crippen LogP contribution in [0.2, 0.25) is 5.02 Å². The van der Waals surface area contributed by atoms with Crippen molar-refractivity contribution >= 4 is 34.2 Å². The molecule has 0 fully saturated rings. The monoisotopic (exact) mass is 489 g/mol. The third-order valence-electron chi connectivity index (χ3n) is 6.64. The lowest BCUT2D eigenvalue weighted by atomic mass is 9.97. The number of methoxy groups -OCH3 is 2. The van der Waals surface area contributed by atoms with Crippen LogP contribution in [-0.4, -0.2) is 20.1 Å². The summed E-state index contributed by atoms with van der Waals surface area (Å²) in [6.45, 7) is 5.77. The number of benzene rings is 3. The van der Waals surface area contributed by atoms with Crippen LogP contribution in [-0.2, 0) is 0 Å².